The second-order valence-corrected chi connectivity index (χ2v) is 4.59. The van der Waals surface area contributed by atoms with Crippen molar-refractivity contribution in [3.05, 3.63) is 0 Å². The quantitative estimate of drug-likeness (QED) is 0.704. The van der Waals surface area contributed by atoms with Gasteiger partial charge in [-0.25, -0.2) is 4.79 Å². The molecule has 6 heteroatoms. The molecule has 0 radical (unpaired) electrons. The average molecular weight is 242 g/mol. The van der Waals surface area contributed by atoms with Gasteiger partial charge in [-0.1, -0.05) is 0 Å². The molecule has 1 heterocycles. The van der Waals surface area contributed by atoms with Gasteiger partial charge in [-0.05, 0) is 12.8 Å². The van der Waals surface area contributed by atoms with Gasteiger partial charge in [0.1, 0.15) is 0 Å². The van der Waals surface area contributed by atoms with Gasteiger partial charge in [-0.15, -0.1) is 0 Å². The van der Waals surface area contributed by atoms with E-state index in [0.717, 1.165) is 12.8 Å². The number of hydrogen-bond acceptors (Lipinski definition) is 3. The summed E-state index contributed by atoms with van der Waals surface area (Å²) in [6.45, 7) is 2.10. The lowest BCUT2D eigenvalue weighted by Gasteiger charge is -2.31. The van der Waals surface area contributed by atoms with Gasteiger partial charge in [-0.2, -0.15) is 0 Å². The second-order valence-electron chi connectivity index (χ2n) is 4.59. The summed E-state index contributed by atoms with van der Waals surface area (Å²) in [5, 5.41) is 3.34. The van der Waals surface area contributed by atoms with Crippen molar-refractivity contribution >= 4 is 11.9 Å². The Morgan fingerprint density at radius 2 is 1.94 bits per heavy atom. The van der Waals surface area contributed by atoms with E-state index in [2.05, 4.69) is 5.32 Å². The molecule has 0 bridgehead atoms. The molecule has 1 aliphatic heterocycles. The van der Waals surface area contributed by atoms with E-state index in [1.807, 2.05) is 0 Å². The number of nitrogens with two attached hydrogens (primary N) is 1. The molecule has 3 N–H and O–H groups in total. The van der Waals surface area contributed by atoms with Gasteiger partial charge < -0.3 is 20.9 Å². The van der Waals surface area contributed by atoms with Gasteiger partial charge in [0.25, 0.3) is 0 Å². The van der Waals surface area contributed by atoms with Crippen molar-refractivity contribution in [1.82, 2.24) is 15.1 Å². The molecule has 6 nitrogen and oxygen atoms in total. The summed E-state index contributed by atoms with van der Waals surface area (Å²) < 4.78 is 0. The fourth-order valence-corrected chi connectivity index (χ4v) is 1.91. The predicted molar refractivity (Wildman–Crippen MR) is 65.5 cm³/mol. The van der Waals surface area contributed by atoms with Crippen molar-refractivity contribution < 1.29 is 9.59 Å². The van der Waals surface area contributed by atoms with Crippen LogP contribution in [-0.2, 0) is 4.79 Å². The number of primary amides is 1. The van der Waals surface area contributed by atoms with Crippen LogP contribution >= 0.6 is 0 Å². The smallest absolute Gasteiger partial charge is 0.314 e. The normalized spacial score (nSPS) is 16.9. The zero-order valence-corrected chi connectivity index (χ0v) is 10.6. The lowest BCUT2D eigenvalue weighted by molar-refractivity contribution is -0.128. The summed E-state index contributed by atoms with van der Waals surface area (Å²) in [5.41, 5.74) is 5.20. The van der Waals surface area contributed by atoms with Crippen LogP contribution in [0.5, 0.6) is 0 Å². The first-order valence-corrected chi connectivity index (χ1v) is 5.98. The molecule has 98 valence electrons. The molecule has 17 heavy (non-hydrogen) atoms. The Kier molecular flexibility index (Phi) is 5.21. The van der Waals surface area contributed by atoms with Crippen LogP contribution in [-0.4, -0.2) is 61.5 Å². The molecular weight excluding hydrogens is 220 g/mol. The second kappa shape index (κ2) is 6.44. The number of urea groups is 1. The van der Waals surface area contributed by atoms with E-state index >= 15 is 0 Å². The summed E-state index contributed by atoms with van der Waals surface area (Å²) >= 11 is 0. The number of carbonyl (C=O) groups excluding carboxylic acids is 2. The molecule has 0 aromatic rings. The van der Waals surface area contributed by atoms with Crippen LogP contribution in [0.4, 0.5) is 4.79 Å². The van der Waals surface area contributed by atoms with Crippen LogP contribution in [0.1, 0.15) is 19.3 Å². The van der Waals surface area contributed by atoms with Crippen LogP contribution in [0.2, 0.25) is 0 Å². The molecule has 0 atom stereocenters. The third-order valence-electron chi connectivity index (χ3n) is 3.08. The maximum Gasteiger partial charge on any atom is 0.314 e. The van der Waals surface area contributed by atoms with Crippen LogP contribution in [0.25, 0.3) is 0 Å². The highest BCUT2D eigenvalue weighted by Crippen LogP contribution is 2.09. The number of nitrogens with one attached hydrogen (secondary N) is 1. The van der Waals surface area contributed by atoms with Crippen molar-refractivity contribution in [3.8, 4) is 0 Å². The summed E-state index contributed by atoms with van der Waals surface area (Å²) in [6.07, 6.45) is 2.32. The van der Waals surface area contributed by atoms with E-state index in [-0.39, 0.29) is 11.9 Å². The molecule has 0 aliphatic carbocycles. The highest BCUT2D eigenvalue weighted by molar-refractivity contribution is 5.75. The summed E-state index contributed by atoms with van der Waals surface area (Å²) in [7, 11) is 3.52. The number of carbonyl (C=O) groups is 2. The van der Waals surface area contributed by atoms with E-state index < -0.39 is 0 Å². The van der Waals surface area contributed by atoms with Crippen molar-refractivity contribution in [1.29, 1.82) is 0 Å². The molecule has 0 unspecified atom stereocenters. The monoisotopic (exact) mass is 242 g/mol. The minimum Gasteiger partial charge on any atom is -0.351 e. The largest absolute Gasteiger partial charge is 0.351 e. The number of rotatable bonds is 4. The fourth-order valence-electron chi connectivity index (χ4n) is 1.91. The number of likely N-dealkylation sites (tertiary alicyclic amines) is 1. The minimum atomic E-state index is -0.341. The highest BCUT2D eigenvalue weighted by atomic mass is 16.2. The molecule has 1 saturated heterocycles. The summed E-state index contributed by atoms with van der Waals surface area (Å²) in [6, 6.07) is 0.0480. The highest BCUT2D eigenvalue weighted by Gasteiger charge is 2.20. The Morgan fingerprint density at radius 1 is 1.35 bits per heavy atom. The topological polar surface area (TPSA) is 78.7 Å². The lowest BCUT2D eigenvalue weighted by atomic mass is 10.1. The molecule has 1 fully saturated rings. The SMILES string of the molecule is CN(C)C(=O)CCNC1CCN(C(N)=O)CC1. The van der Waals surface area contributed by atoms with Gasteiger partial charge in [-0.3, -0.25) is 4.79 Å². The zero-order valence-electron chi connectivity index (χ0n) is 10.6. The first-order chi connectivity index (χ1) is 8.00. The molecule has 0 aromatic heterocycles. The lowest BCUT2D eigenvalue weighted by Crippen LogP contribution is -2.47. The molecule has 1 aliphatic rings. The Balaban J connectivity index is 2.14. The Hall–Kier alpha value is -1.30. The van der Waals surface area contributed by atoms with E-state index in [4.69, 9.17) is 5.73 Å². The van der Waals surface area contributed by atoms with Gasteiger partial charge in [0.05, 0.1) is 0 Å². The van der Waals surface area contributed by atoms with Crippen LogP contribution in [0.15, 0.2) is 0 Å². The minimum absolute atomic E-state index is 0.132. The first-order valence-electron chi connectivity index (χ1n) is 5.98. The van der Waals surface area contributed by atoms with E-state index in [1.165, 1.54) is 0 Å². The molecule has 0 saturated carbocycles. The first kappa shape index (κ1) is 13.8. The van der Waals surface area contributed by atoms with Crippen molar-refractivity contribution in [3.63, 3.8) is 0 Å². The molecule has 3 amide bonds. The van der Waals surface area contributed by atoms with Crippen LogP contribution in [0.3, 0.4) is 0 Å². The Morgan fingerprint density at radius 3 is 2.41 bits per heavy atom. The predicted octanol–water partition coefficient (Wildman–Crippen LogP) is -0.403. The van der Waals surface area contributed by atoms with Crippen molar-refractivity contribution in [2.45, 2.75) is 25.3 Å². The van der Waals surface area contributed by atoms with Gasteiger partial charge in [0, 0.05) is 46.2 Å². The molecule has 0 aromatic carbocycles. The van der Waals surface area contributed by atoms with E-state index in [1.54, 1.807) is 23.9 Å². The zero-order chi connectivity index (χ0) is 12.8. The van der Waals surface area contributed by atoms with Gasteiger partial charge in [0.2, 0.25) is 5.91 Å². The number of nitrogens with zero attached hydrogens (tertiary/aromatic N) is 2. The maximum atomic E-state index is 11.3. The maximum absolute atomic E-state index is 11.3. The Labute approximate surface area is 102 Å². The third kappa shape index (κ3) is 4.60. The molecule has 0 spiro atoms. The van der Waals surface area contributed by atoms with E-state index in [9.17, 15) is 9.59 Å². The number of amides is 3. The summed E-state index contributed by atoms with van der Waals surface area (Å²) in [4.78, 5) is 25.5. The van der Waals surface area contributed by atoms with Gasteiger partial charge >= 0.3 is 6.03 Å². The molecular formula is C11H22N4O2. The van der Waals surface area contributed by atoms with Gasteiger partial charge in [0.15, 0.2) is 0 Å². The van der Waals surface area contributed by atoms with Crippen LogP contribution in [0, 0.1) is 0 Å². The molecule has 1 rings (SSSR count). The van der Waals surface area contributed by atoms with E-state index in [0.29, 0.717) is 32.1 Å². The number of piperidine rings is 1. The summed E-state index contributed by atoms with van der Waals surface area (Å²) in [5.74, 6) is 0.132. The third-order valence-corrected chi connectivity index (χ3v) is 3.08. The fraction of sp³-hybridized carbons (Fsp3) is 0.818. The standard InChI is InChI=1S/C11H22N4O2/c1-14(2)10(16)3-6-13-9-4-7-15(8-5-9)11(12)17/h9,13H,3-8H2,1-2H3,(H2,12,17). The van der Waals surface area contributed by atoms with Crippen molar-refractivity contribution in [2.24, 2.45) is 5.73 Å². The Bertz CT molecular complexity index is 273. The average Bonchev–Trinajstić information content (AvgIpc) is 2.29. The van der Waals surface area contributed by atoms with Crippen molar-refractivity contribution in [2.75, 3.05) is 33.7 Å². The van der Waals surface area contributed by atoms with Crippen LogP contribution < -0.4 is 11.1 Å². The number of hydrogen-bond donors (Lipinski definition) is 2.